The molecule has 1 amide bonds. The SMILES string of the molecule is C[C@H](Cc1cccs1)C(=O)Nc1cc(C(=O)O)ccc1F. The molecule has 110 valence electrons. The van der Waals surface area contributed by atoms with Gasteiger partial charge < -0.3 is 10.4 Å². The number of thiophene rings is 1. The maximum absolute atomic E-state index is 13.6. The van der Waals surface area contributed by atoms with Crippen molar-refractivity contribution in [3.8, 4) is 0 Å². The molecule has 0 aliphatic carbocycles. The number of anilines is 1. The van der Waals surface area contributed by atoms with Gasteiger partial charge in [-0.25, -0.2) is 9.18 Å². The first-order chi connectivity index (χ1) is 9.97. The zero-order valence-corrected chi connectivity index (χ0v) is 12.1. The highest BCUT2D eigenvalue weighted by molar-refractivity contribution is 7.09. The normalized spacial score (nSPS) is 11.9. The third-order valence-electron chi connectivity index (χ3n) is 3.01. The molecule has 0 radical (unpaired) electrons. The van der Waals surface area contributed by atoms with Gasteiger partial charge >= 0.3 is 5.97 Å². The average molecular weight is 307 g/mol. The van der Waals surface area contributed by atoms with Crippen LogP contribution in [-0.2, 0) is 11.2 Å². The highest BCUT2D eigenvalue weighted by Crippen LogP contribution is 2.19. The second-order valence-electron chi connectivity index (χ2n) is 4.67. The van der Waals surface area contributed by atoms with Crippen LogP contribution in [0.2, 0.25) is 0 Å². The Morgan fingerprint density at radius 3 is 2.76 bits per heavy atom. The van der Waals surface area contributed by atoms with Crippen molar-refractivity contribution in [3.05, 3.63) is 52.0 Å². The molecule has 2 N–H and O–H groups in total. The molecule has 2 rings (SSSR count). The van der Waals surface area contributed by atoms with Crippen molar-refractivity contribution in [2.24, 2.45) is 5.92 Å². The summed E-state index contributed by atoms with van der Waals surface area (Å²) in [6.45, 7) is 1.74. The van der Waals surface area contributed by atoms with Crippen LogP contribution in [0.5, 0.6) is 0 Å². The topological polar surface area (TPSA) is 66.4 Å². The van der Waals surface area contributed by atoms with Crippen LogP contribution in [0.25, 0.3) is 0 Å². The average Bonchev–Trinajstić information content (AvgIpc) is 2.93. The van der Waals surface area contributed by atoms with E-state index >= 15 is 0 Å². The molecule has 2 aromatic rings. The Labute approximate surface area is 125 Å². The van der Waals surface area contributed by atoms with E-state index in [-0.39, 0.29) is 23.1 Å². The van der Waals surface area contributed by atoms with Gasteiger partial charge in [-0.2, -0.15) is 0 Å². The number of nitrogens with one attached hydrogen (secondary N) is 1. The number of carboxylic acids is 1. The molecule has 1 heterocycles. The number of carbonyl (C=O) groups is 2. The Balaban J connectivity index is 2.08. The van der Waals surface area contributed by atoms with E-state index in [1.807, 2.05) is 17.5 Å². The van der Waals surface area contributed by atoms with Crippen LogP contribution in [0, 0.1) is 11.7 Å². The number of carbonyl (C=O) groups excluding carboxylic acids is 1. The fourth-order valence-electron chi connectivity index (χ4n) is 1.83. The van der Waals surface area contributed by atoms with Crippen LogP contribution >= 0.6 is 11.3 Å². The first-order valence-corrected chi connectivity index (χ1v) is 7.21. The van der Waals surface area contributed by atoms with Crippen molar-refractivity contribution >= 4 is 28.9 Å². The summed E-state index contributed by atoms with van der Waals surface area (Å²) in [6, 6.07) is 7.14. The Bertz CT molecular complexity index is 655. The second-order valence-corrected chi connectivity index (χ2v) is 5.71. The molecule has 0 spiro atoms. The summed E-state index contributed by atoms with van der Waals surface area (Å²) in [5, 5.41) is 13.3. The number of hydrogen-bond donors (Lipinski definition) is 2. The predicted octanol–water partition coefficient (Wildman–Crippen LogP) is 3.40. The summed E-state index contributed by atoms with van der Waals surface area (Å²) in [5.74, 6) is -2.50. The first-order valence-electron chi connectivity index (χ1n) is 6.33. The molecule has 0 aliphatic rings. The van der Waals surface area contributed by atoms with E-state index in [2.05, 4.69) is 5.32 Å². The lowest BCUT2D eigenvalue weighted by Gasteiger charge is -2.12. The number of rotatable bonds is 5. The van der Waals surface area contributed by atoms with Crippen molar-refractivity contribution in [2.75, 3.05) is 5.32 Å². The molecule has 0 bridgehead atoms. The van der Waals surface area contributed by atoms with Crippen LogP contribution in [0.3, 0.4) is 0 Å². The van der Waals surface area contributed by atoms with Gasteiger partial charge in [-0.05, 0) is 36.1 Å². The van der Waals surface area contributed by atoms with Crippen LogP contribution in [0.4, 0.5) is 10.1 Å². The summed E-state index contributed by atoms with van der Waals surface area (Å²) in [4.78, 5) is 24.0. The molecule has 1 atom stereocenters. The smallest absolute Gasteiger partial charge is 0.335 e. The first kappa shape index (κ1) is 15.2. The predicted molar refractivity (Wildman–Crippen MR) is 79.2 cm³/mol. The van der Waals surface area contributed by atoms with E-state index in [4.69, 9.17) is 5.11 Å². The molecule has 0 saturated carbocycles. The fraction of sp³-hybridized carbons (Fsp3) is 0.200. The van der Waals surface area contributed by atoms with E-state index < -0.39 is 11.8 Å². The monoisotopic (exact) mass is 307 g/mol. The lowest BCUT2D eigenvalue weighted by atomic mass is 10.1. The van der Waals surface area contributed by atoms with E-state index in [9.17, 15) is 14.0 Å². The molecule has 0 aliphatic heterocycles. The van der Waals surface area contributed by atoms with Gasteiger partial charge in [0.1, 0.15) is 5.82 Å². The van der Waals surface area contributed by atoms with Crippen molar-refractivity contribution in [1.29, 1.82) is 0 Å². The maximum atomic E-state index is 13.6. The van der Waals surface area contributed by atoms with E-state index in [1.54, 1.807) is 18.3 Å². The number of amides is 1. The molecule has 1 aromatic heterocycles. The third-order valence-corrected chi connectivity index (χ3v) is 3.90. The highest BCUT2D eigenvalue weighted by Gasteiger charge is 2.17. The number of benzene rings is 1. The van der Waals surface area contributed by atoms with E-state index in [0.29, 0.717) is 6.42 Å². The Hall–Kier alpha value is -2.21. The van der Waals surface area contributed by atoms with Crippen LogP contribution in [-0.4, -0.2) is 17.0 Å². The highest BCUT2D eigenvalue weighted by atomic mass is 32.1. The zero-order valence-electron chi connectivity index (χ0n) is 11.3. The Morgan fingerprint density at radius 1 is 1.38 bits per heavy atom. The standard InChI is InChI=1S/C15H14FNO3S/c1-9(7-11-3-2-6-21-11)14(18)17-13-8-10(15(19)20)4-5-12(13)16/h2-6,8-9H,7H2,1H3,(H,17,18)(H,19,20)/t9-/m1/s1. The van der Waals surface area contributed by atoms with Gasteiger partial charge in [-0.3, -0.25) is 4.79 Å². The van der Waals surface area contributed by atoms with Gasteiger partial charge in [0.15, 0.2) is 0 Å². The molecule has 6 heteroatoms. The Morgan fingerprint density at radius 2 is 2.14 bits per heavy atom. The molecular formula is C15H14FNO3S. The summed E-state index contributed by atoms with van der Waals surface area (Å²) in [5.41, 5.74) is -0.185. The van der Waals surface area contributed by atoms with Gasteiger partial charge in [0.2, 0.25) is 5.91 Å². The number of aromatic carboxylic acids is 1. The van der Waals surface area contributed by atoms with Crippen LogP contribution in [0.1, 0.15) is 22.2 Å². The fourth-order valence-corrected chi connectivity index (χ4v) is 2.67. The van der Waals surface area contributed by atoms with Crippen molar-refractivity contribution in [2.45, 2.75) is 13.3 Å². The number of carboxylic acid groups (broad SMARTS) is 1. The Kier molecular flexibility index (Phi) is 4.70. The second kappa shape index (κ2) is 6.49. The summed E-state index contributed by atoms with van der Waals surface area (Å²) < 4.78 is 13.6. The minimum absolute atomic E-state index is 0.0717. The lowest BCUT2D eigenvalue weighted by molar-refractivity contribution is -0.119. The van der Waals surface area contributed by atoms with Gasteiger partial charge in [-0.15, -0.1) is 11.3 Å². The van der Waals surface area contributed by atoms with Gasteiger partial charge in [-0.1, -0.05) is 13.0 Å². The van der Waals surface area contributed by atoms with Crippen LogP contribution in [0.15, 0.2) is 35.7 Å². The molecule has 0 unspecified atom stereocenters. The minimum atomic E-state index is -1.17. The van der Waals surface area contributed by atoms with Crippen LogP contribution < -0.4 is 5.32 Å². The quantitative estimate of drug-likeness (QED) is 0.889. The van der Waals surface area contributed by atoms with Crippen molar-refractivity contribution in [1.82, 2.24) is 0 Å². The van der Waals surface area contributed by atoms with Crippen molar-refractivity contribution < 1.29 is 19.1 Å². The number of halogens is 1. The van der Waals surface area contributed by atoms with E-state index in [0.717, 1.165) is 23.1 Å². The van der Waals surface area contributed by atoms with Gasteiger partial charge in [0.25, 0.3) is 0 Å². The van der Waals surface area contributed by atoms with Gasteiger partial charge in [0.05, 0.1) is 11.3 Å². The largest absolute Gasteiger partial charge is 0.478 e. The lowest BCUT2D eigenvalue weighted by Crippen LogP contribution is -2.22. The minimum Gasteiger partial charge on any atom is -0.478 e. The van der Waals surface area contributed by atoms with Crippen molar-refractivity contribution in [3.63, 3.8) is 0 Å². The number of hydrogen-bond acceptors (Lipinski definition) is 3. The van der Waals surface area contributed by atoms with Gasteiger partial charge in [0, 0.05) is 10.8 Å². The molecule has 0 saturated heterocycles. The molecule has 0 fully saturated rings. The third kappa shape index (κ3) is 3.88. The summed E-state index contributed by atoms with van der Waals surface area (Å²) in [6.07, 6.45) is 0.559. The zero-order chi connectivity index (χ0) is 15.4. The molecular weight excluding hydrogens is 293 g/mol. The molecule has 21 heavy (non-hydrogen) atoms. The summed E-state index contributed by atoms with van der Waals surface area (Å²) in [7, 11) is 0. The van der Waals surface area contributed by atoms with E-state index in [1.165, 1.54) is 0 Å². The molecule has 4 nitrogen and oxygen atoms in total. The molecule has 1 aromatic carbocycles. The summed E-state index contributed by atoms with van der Waals surface area (Å²) >= 11 is 1.55. The maximum Gasteiger partial charge on any atom is 0.335 e.